The van der Waals surface area contributed by atoms with E-state index in [0.29, 0.717) is 6.61 Å². The molecule has 1 saturated heterocycles. The molecule has 0 spiro atoms. The Morgan fingerprint density at radius 2 is 2.21 bits per heavy atom. The van der Waals surface area contributed by atoms with Gasteiger partial charge in [0.25, 0.3) is 0 Å². The lowest BCUT2D eigenvalue weighted by Gasteiger charge is -2.10. The van der Waals surface area contributed by atoms with Crippen molar-refractivity contribution < 1.29 is 23.6 Å². The molecule has 1 fully saturated rings. The fraction of sp³-hybridized carbons (Fsp3) is 1.00. The summed E-state index contributed by atoms with van der Waals surface area (Å²) in [5.74, 6) is 0.0135. The van der Waals surface area contributed by atoms with Crippen LogP contribution in [0, 0.1) is 0 Å². The highest BCUT2D eigenvalue weighted by Gasteiger charge is 2.38. The quantitative estimate of drug-likeness (QED) is 0.517. The Morgan fingerprint density at radius 3 is 2.71 bits per heavy atom. The molecule has 6 heteroatoms. The number of rotatable bonds is 5. The minimum atomic E-state index is -3.00. The third kappa shape index (κ3) is 3.53. The van der Waals surface area contributed by atoms with Gasteiger partial charge < -0.3 is 15.2 Å². The van der Waals surface area contributed by atoms with E-state index < -0.39 is 15.9 Å². The molecule has 1 heterocycles. The molecule has 1 aliphatic rings. The zero-order chi connectivity index (χ0) is 10.6. The summed E-state index contributed by atoms with van der Waals surface area (Å²) >= 11 is 0. The molecule has 5 nitrogen and oxygen atoms in total. The lowest BCUT2D eigenvalue weighted by Crippen LogP contribution is -2.92. The third-order valence-electron chi connectivity index (χ3n) is 2.39. The Bertz CT molecular complexity index is 265. The second-order valence-corrected chi connectivity index (χ2v) is 5.83. The molecule has 3 N–H and O–H groups in total. The van der Waals surface area contributed by atoms with E-state index in [1.165, 1.54) is 0 Å². The van der Waals surface area contributed by atoms with Crippen LogP contribution in [0.2, 0.25) is 0 Å². The van der Waals surface area contributed by atoms with Crippen LogP contribution in [0.1, 0.15) is 6.42 Å². The molecule has 0 amide bonds. The minimum absolute atomic E-state index is 0.0849. The van der Waals surface area contributed by atoms with Crippen molar-refractivity contribution in [2.24, 2.45) is 0 Å². The van der Waals surface area contributed by atoms with Crippen molar-refractivity contribution >= 4 is 9.84 Å². The number of sulfone groups is 1. The first-order chi connectivity index (χ1) is 6.55. The first kappa shape index (κ1) is 11.9. The number of methoxy groups -OCH3 is 1. The molecule has 0 radical (unpaired) electrons. The van der Waals surface area contributed by atoms with E-state index in [0.717, 1.165) is 13.0 Å². The number of quaternary nitrogens is 1. The Hall–Kier alpha value is -0.170. The Morgan fingerprint density at radius 1 is 1.50 bits per heavy atom. The van der Waals surface area contributed by atoms with Crippen molar-refractivity contribution in [1.82, 2.24) is 0 Å². The average Bonchev–Trinajstić information content (AvgIpc) is 2.34. The fourth-order valence-electron chi connectivity index (χ4n) is 1.64. The van der Waals surface area contributed by atoms with Crippen LogP contribution >= 0.6 is 0 Å². The summed E-state index contributed by atoms with van der Waals surface area (Å²) in [6, 6.07) is -0.183. The molecule has 84 valence electrons. The van der Waals surface area contributed by atoms with Crippen molar-refractivity contribution in [2.75, 3.05) is 31.8 Å². The third-order valence-corrected chi connectivity index (χ3v) is 4.13. The number of nitrogens with two attached hydrogens (primary N) is 1. The second kappa shape index (κ2) is 5.06. The van der Waals surface area contributed by atoms with Gasteiger partial charge in [-0.2, -0.15) is 0 Å². The van der Waals surface area contributed by atoms with Crippen molar-refractivity contribution in [2.45, 2.75) is 18.6 Å². The first-order valence-corrected chi connectivity index (χ1v) is 6.58. The summed E-state index contributed by atoms with van der Waals surface area (Å²) in [6.45, 7) is 1.47. The summed E-state index contributed by atoms with van der Waals surface area (Å²) in [5.41, 5.74) is 0. The van der Waals surface area contributed by atoms with Gasteiger partial charge in [-0.25, -0.2) is 8.42 Å². The molecular formula is C8H18NO4S+. The van der Waals surface area contributed by atoms with Crippen LogP contribution < -0.4 is 5.32 Å². The van der Waals surface area contributed by atoms with Crippen LogP contribution in [0.25, 0.3) is 0 Å². The Labute approximate surface area is 84.4 Å². The molecule has 0 aromatic heterocycles. The van der Waals surface area contributed by atoms with Gasteiger partial charge in [-0.1, -0.05) is 0 Å². The molecule has 14 heavy (non-hydrogen) atoms. The van der Waals surface area contributed by atoms with Crippen molar-refractivity contribution in [3.63, 3.8) is 0 Å². The van der Waals surface area contributed by atoms with Crippen molar-refractivity contribution in [3.05, 3.63) is 0 Å². The van der Waals surface area contributed by atoms with E-state index in [4.69, 9.17) is 4.74 Å². The lowest BCUT2D eigenvalue weighted by atomic mass is 10.2. The molecule has 0 aliphatic carbocycles. The van der Waals surface area contributed by atoms with Gasteiger partial charge in [-0.05, 0) is 0 Å². The zero-order valence-corrected chi connectivity index (χ0v) is 9.16. The van der Waals surface area contributed by atoms with E-state index in [1.54, 1.807) is 7.11 Å². The number of aliphatic hydroxyl groups excluding tert-OH is 1. The van der Waals surface area contributed by atoms with Gasteiger partial charge in [0.1, 0.15) is 17.9 Å². The smallest absolute Gasteiger partial charge is 0.159 e. The van der Waals surface area contributed by atoms with Crippen molar-refractivity contribution in [3.8, 4) is 0 Å². The van der Waals surface area contributed by atoms with E-state index in [-0.39, 0.29) is 17.5 Å². The SMILES string of the molecule is COCCC[NH2+][C@@H]1CS(=O)(=O)C[C@H]1O. The minimum Gasteiger partial charge on any atom is -0.386 e. The topological polar surface area (TPSA) is 80.2 Å². The maximum Gasteiger partial charge on any atom is 0.159 e. The normalized spacial score (nSPS) is 30.7. The monoisotopic (exact) mass is 224 g/mol. The molecule has 1 aliphatic heterocycles. The zero-order valence-electron chi connectivity index (χ0n) is 8.35. The van der Waals surface area contributed by atoms with Crippen LogP contribution in [0.4, 0.5) is 0 Å². The predicted molar refractivity (Wildman–Crippen MR) is 51.7 cm³/mol. The molecule has 0 aromatic rings. The van der Waals surface area contributed by atoms with E-state index in [9.17, 15) is 13.5 Å². The molecule has 1 rings (SSSR count). The molecule has 0 unspecified atom stereocenters. The molecule has 0 aromatic carbocycles. The summed E-state index contributed by atoms with van der Waals surface area (Å²) in [5, 5.41) is 11.3. The standard InChI is InChI=1S/C8H17NO4S/c1-13-4-2-3-9-7-5-14(11,12)6-8(7)10/h7-10H,2-6H2,1H3/p+1/t7-,8-/m1/s1. The number of aliphatic hydroxyl groups is 1. The first-order valence-electron chi connectivity index (χ1n) is 4.76. The average molecular weight is 224 g/mol. The van der Waals surface area contributed by atoms with Crippen LogP contribution in [0.3, 0.4) is 0 Å². The van der Waals surface area contributed by atoms with Gasteiger partial charge in [0.05, 0.1) is 18.9 Å². The van der Waals surface area contributed by atoms with E-state index in [2.05, 4.69) is 0 Å². The predicted octanol–water partition coefficient (Wildman–Crippen LogP) is -2.26. The highest BCUT2D eigenvalue weighted by atomic mass is 32.2. The van der Waals surface area contributed by atoms with E-state index >= 15 is 0 Å². The van der Waals surface area contributed by atoms with E-state index in [1.807, 2.05) is 5.32 Å². The Kier molecular flexibility index (Phi) is 4.31. The molecule has 0 saturated carbocycles. The fourth-order valence-corrected chi connectivity index (χ4v) is 3.49. The van der Waals surface area contributed by atoms with Gasteiger partial charge in [0.15, 0.2) is 9.84 Å². The van der Waals surface area contributed by atoms with Gasteiger partial charge >= 0.3 is 0 Å². The molecule has 2 atom stereocenters. The van der Waals surface area contributed by atoms with Crippen LogP contribution in [0.15, 0.2) is 0 Å². The van der Waals surface area contributed by atoms with Crippen LogP contribution in [0.5, 0.6) is 0 Å². The Balaban J connectivity index is 2.25. The summed E-state index contributed by atoms with van der Waals surface area (Å²) < 4.78 is 27.1. The van der Waals surface area contributed by atoms with Gasteiger partial charge in [0.2, 0.25) is 0 Å². The number of ether oxygens (including phenoxy) is 1. The van der Waals surface area contributed by atoms with Gasteiger partial charge in [-0.3, -0.25) is 0 Å². The summed E-state index contributed by atoms with van der Waals surface area (Å²) in [6.07, 6.45) is 0.169. The maximum absolute atomic E-state index is 11.1. The lowest BCUT2D eigenvalue weighted by molar-refractivity contribution is -0.690. The number of hydrogen-bond acceptors (Lipinski definition) is 4. The highest BCUT2D eigenvalue weighted by molar-refractivity contribution is 7.91. The second-order valence-electron chi connectivity index (χ2n) is 3.68. The van der Waals surface area contributed by atoms with Crippen molar-refractivity contribution in [1.29, 1.82) is 0 Å². The van der Waals surface area contributed by atoms with Crippen LogP contribution in [-0.4, -0.2) is 57.4 Å². The van der Waals surface area contributed by atoms with Crippen LogP contribution in [-0.2, 0) is 14.6 Å². The highest BCUT2D eigenvalue weighted by Crippen LogP contribution is 2.08. The van der Waals surface area contributed by atoms with Gasteiger partial charge in [-0.15, -0.1) is 0 Å². The van der Waals surface area contributed by atoms with Gasteiger partial charge in [0, 0.05) is 13.5 Å². The largest absolute Gasteiger partial charge is 0.386 e. The molecule has 0 bridgehead atoms. The summed E-state index contributed by atoms with van der Waals surface area (Å²) in [7, 11) is -1.37. The summed E-state index contributed by atoms with van der Waals surface area (Å²) in [4.78, 5) is 0. The number of hydrogen-bond donors (Lipinski definition) is 2. The molecular weight excluding hydrogens is 206 g/mol. The maximum atomic E-state index is 11.1.